The first kappa shape index (κ1) is 20.0. The molecule has 0 aromatic carbocycles. The molecule has 2 atom stereocenters. The number of methoxy groups -OCH3 is 2. The van der Waals surface area contributed by atoms with Crippen molar-refractivity contribution in [2.45, 2.75) is 57.9 Å². The zero-order chi connectivity index (χ0) is 19.2. The van der Waals surface area contributed by atoms with Gasteiger partial charge in [0.25, 0.3) is 0 Å². The molecule has 0 heterocycles. The summed E-state index contributed by atoms with van der Waals surface area (Å²) in [5.74, 6) is -4.10. The van der Waals surface area contributed by atoms with E-state index >= 15 is 0 Å². The Morgan fingerprint density at radius 3 is 1.36 bits per heavy atom. The molecule has 0 aliphatic heterocycles. The molecule has 2 aliphatic carbocycles. The maximum atomic E-state index is 10.2. The van der Waals surface area contributed by atoms with E-state index in [0.29, 0.717) is 6.42 Å². The molecule has 6 nitrogen and oxygen atoms in total. The molecule has 2 aliphatic rings. The lowest BCUT2D eigenvalue weighted by Crippen LogP contribution is -2.46. The van der Waals surface area contributed by atoms with Crippen LogP contribution < -0.4 is 0 Å². The van der Waals surface area contributed by atoms with Crippen molar-refractivity contribution in [3.05, 3.63) is 45.6 Å². The average Bonchev–Trinajstić information content (AvgIpc) is 2.44. The molecule has 140 valence electrons. The quantitative estimate of drug-likeness (QED) is 0.570. The van der Waals surface area contributed by atoms with Crippen molar-refractivity contribution >= 4 is 0 Å². The average molecular weight is 352 g/mol. The van der Waals surface area contributed by atoms with E-state index in [1.807, 2.05) is 27.7 Å². The van der Waals surface area contributed by atoms with Crippen molar-refractivity contribution < 1.29 is 29.9 Å². The summed E-state index contributed by atoms with van der Waals surface area (Å²) >= 11 is 0. The van der Waals surface area contributed by atoms with Gasteiger partial charge in [-0.2, -0.15) is 0 Å². The van der Waals surface area contributed by atoms with Gasteiger partial charge in [0.1, 0.15) is 12.2 Å². The normalized spacial score (nSPS) is 28.9. The van der Waals surface area contributed by atoms with E-state index in [9.17, 15) is 20.4 Å². The molecule has 0 aromatic rings. The van der Waals surface area contributed by atoms with Crippen LogP contribution in [-0.2, 0) is 9.47 Å². The molecule has 0 amide bonds. The van der Waals surface area contributed by atoms with Crippen molar-refractivity contribution in [3.8, 4) is 0 Å². The Balaban J connectivity index is 2.48. The van der Waals surface area contributed by atoms with Crippen LogP contribution in [0.4, 0.5) is 0 Å². The summed E-state index contributed by atoms with van der Waals surface area (Å²) in [7, 11) is 2.87. The lowest BCUT2D eigenvalue weighted by atomic mass is 9.78. The van der Waals surface area contributed by atoms with E-state index in [4.69, 9.17) is 9.47 Å². The lowest BCUT2D eigenvalue weighted by molar-refractivity contribution is -0.187. The van der Waals surface area contributed by atoms with Crippen LogP contribution in [-0.4, -0.2) is 58.4 Å². The molecule has 0 saturated carbocycles. The molecule has 0 saturated heterocycles. The largest absolute Gasteiger partial charge is 0.371 e. The van der Waals surface area contributed by atoms with Crippen molar-refractivity contribution in [3.63, 3.8) is 0 Å². The maximum absolute atomic E-state index is 10.2. The third-order valence-electron chi connectivity index (χ3n) is 5.15. The molecule has 6 heteroatoms. The summed E-state index contributed by atoms with van der Waals surface area (Å²) in [4.78, 5) is 0. The summed E-state index contributed by atoms with van der Waals surface area (Å²) in [6.45, 7) is 7.27. The van der Waals surface area contributed by atoms with E-state index in [0.717, 1.165) is 33.4 Å². The highest BCUT2D eigenvalue weighted by Crippen LogP contribution is 2.40. The van der Waals surface area contributed by atoms with E-state index in [1.54, 1.807) is 0 Å². The van der Waals surface area contributed by atoms with Crippen LogP contribution >= 0.6 is 0 Å². The lowest BCUT2D eigenvalue weighted by Gasteiger charge is -2.37. The second-order valence-electron chi connectivity index (χ2n) is 6.95. The van der Waals surface area contributed by atoms with E-state index in [-0.39, 0.29) is 0 Å². The molecule has 0 spiro atoms. The number of allylic oxidation sites excluding steroid dienone is 4. The van der Waals surface area contributed by atoms with Gasteiger partial charge < -0.3 is 29.9 Å². The van der Waals surface area contributed by atoms with Crippen LogP contribution in [0.3, 0.4) is 0 Å². The number of aliphatic hydroxyl groups is 4. The van der Waals surface area contributed by atoms with Crippen LogP contribution in [0.25, 0.3) is 0 Å². The Morgan fingerprint density at radius 1 is 0.760 bits per heavy atom. The van der Waals surface area contributed by atoms with Gasteiger partial charge in [0.2, 0.25) is 11.6 Å². The minimum Gasteiger partial charge on any atom is -0.371 e. The molecule has 0 fully saturated rings. The third-order valence-corrected chi connectivity index (χ3v) is 5.15. The number of hydrogen-bond donors (Lipinski definition) is 4. The summed E-state index contributed by atoms with van der Waals surface area (Å²) in [5.41, 5.74) is 4.85. The van der Waals surface area contributed by atoms with Gasteiger partial charge in [-0.3, -0.25) is 0 Å². The molecule has 4 N–H and O–H groups in total. The minimum atomic E-state index is -2.05. The van der Waals surface area contributed by atoms with Gasteiger partial charge in [-0.15, -0.1) is 0 Å². The fraction of sp³-hybridized carbons (Fsp3) is 0.579. The first-order chi connectivity index (χ1) is 11.5. The molecule has 0 aromatic heterocycles. The second kappa shape index (κ2) is 6.79. The smallest absolute Gasteiger partial charge is 0.214 e. The van der Waals surface area contributed by atoms with E-state index < -0.39 is 23.8 Å². The van der Waals surface area contributed by atoms with Crippen molar-refractivity contribution in [2.75, 3.05) is 14.2 Å². The second-order valence-corrected chi connectivity index (χ2v) is 6.95. The molecule has 2 rings (SSSR count). The van der Waals surface area contributed by atoms with Crippen LogP contribution in [0.1, 0.15) is 34.1 Å². The van der Waals surface area contributed by atoms with Crippen LogP contribution in [0.5, 0.6) is 0 Å². The Labute approximate surface area is 148 Å². The summed E-state index contributed by atoms with van der Waals surface area (Å²) in [6, 6.07) is 0. The Kier molecular flexibility index (Phi) is 5.45. The highest BCUT2D eigenvalue weighted by atomic mass is 16.6. The number of hydrogen-bond acceptors (Lipinski definition) is 6. The summed E-state index contributed by atoms with van der Waals surface area (Å²) < 4.78 is 10.6. The molecular formula is C19H28O6. The number of ether oxygens (including phenoxy) is 2. The first-order valence-corrected chi connectivity index (χ1v) is 8.20. The molecule has 0 radical (unpaired) electrons. The highest BCUT2D eigenvalue weighted by molar-refractivity contribution is 5.51. The highest BCUT2D eigenvalue weighted by Gasteiger charge is 2.41. The van der Waals surface area contributed by atoms with Crippen LogP contribution in [0.2, 0.25) is 0 Å². The SMILES string of the molecule is COC1C(C)=C(CC2=C(C)C(OC)C(O)(O)C=C2C)C(C)=CC1(O)O. The van der Waals surface area contributed by atoms with Gasteiger partial charge >= 0.3 is 0 Å². The molecule has 0 bridgehead atoms. The first-order valence-electron chi connectivity index (χ1n) is 8.20. The van der Waals surface area contributed by atoms with Crippen LogP contribution in [0, 0.1) is 0 Å². The zero-order valence-electron chi connectivity index (χ0n) is 15.6. The molecule has 2 unspecified atom stereocenters. The Bertz CT molecular complexity index is 620. The van der Waals surface area contributed by atoms with Gasteiger partial charge in [0, 0.05) is 14.2 Å². The maximum Gasteiger partial charge on any atom is 0.214 e. The van der Waals surface area contributed by atoms with Gasteiger partial charge in [-0.1, -0.05) is 0 Å². The molecular weight excluding hydrogens is 324 g/mol. The summed E-state index contributed by atoms with van der Waals surface area (Å²) in [5, 5.41) is 40.6. The predicted octanol–water partition coefficient (Wildman–Crippen LogP) is 1.32. The fourth-order valence-electron chi connectivity index (χ4n) is 3.97. The van der Waals surface area contributed by atoms with Gasteiger partial charge in [-0.05, 0) is 79.7 Å². The zero-order valence-corrected chi connectivity index (χ0v) is 15.6. The fourth-order valence-corrected chi connectivity index (χ4v) is 3.97. The van der Waals surface area contributed by atoms with Crippen molar-refractivity contribution in [1.29, 1.82) is 0 Å². The predicted molar refractivity (Wildman–Crippen MR) is 93.5 cm³/mol. The third kappa shape index (κ3) is 3.51. The topological polar surface area (TPSA) is 99.4 Å². The number of rotatable bonds is 4. The van der Waals surface area contributed by atoms with Gasteiger partial charge in [0.15, 0.2) is 0 Å². The van der Waals surface area contributed by atoms with E-state index in [2.05, 4.69) is 0 Å². The van der Waals surface area contributed by atoms with Gasteiger partial charge in [-0.25, -0.2) is 0 Å². The summed E-state index contributed by atoms with van der Waals surface area (Å²) in [6.07, 6.45) is 1.57. The minimum absolute atomic E-state index is 0.508. The Hall–Kier alpha value is -1.28. The standard InChI is InChI=1S/C19H28O6/c1-10-8-18(20,21)16(24-5)12(3)14(10)7-15-11(2)9-19(22,23)17(25-6)13(15)4/h8-9,16-17,20-23H,7H2,1-6H3. The van der Waals surface area contributed by atoms with E-state index in [1.165, 1.54) is 26.4 Å². The molecule has 25 heavy (non-hydrogen) atoms. The van der Waals surface area contributed by atoms with Gasteiger partial charge in [0.05, 0.1) is 0 Å². The van der Waals surface area contributed by atoms with Crippen molar-refractivity contribution in [1.82, 2.24) is 0 Å². The Morgan fingerprint density at radius 2 is 1.08 bits per heavy atom. The van der Waals surface area contributed by atoms with Crippen LogP contribution in [0.15, 0.2) is 45.6 Å². The monoisotopic (exact) mass is 352 g/mol. The van der Waals surface area contributed by atoms with Crippen molar-refractivity contribution in [2.24, 2.45) is 0 Å².